The lowest BCUT2D eigenvalue weighted by Crippen LogP contribution is -1.97. The average molecular weight is 97.2 g/mol. The number of rotatable bonds is 3. The van der Waals surface area contributed by atoms with Gasteiger partial charge in [0.2, 0.25) is 0 Å². The van der Waals surface area contributed by atoms with Gasteiger partial charge in [-0.15, -0.1) is 0 Å². The Morgan fingerprint density at radius 1 is 1.71 bits per heavy atom. The Hall–Kier alpha value is -0.560. The minimum Gasteiger partial charge on any atom is -0.330 e. The van der Waals surface area contributed by atoms with Gasteiger partial charge in [0.25, 0.3) is 0 Å². The highest BCUT2D eigenvalue weighted by Gasteiger charge is 1.79. The minimum absolute atomic E-state index is 0.671. The maximum atomic E-state index is 5.20. The normalized spacial score (nSPS) is 8.14. The minimum atomic E-state index is 0.671. The van der Waals surface area contributed by atoms with Crippen molar-refractivity contribution in [3.8, 4) is 0 Å². The van der Waals surface area contributed by atoms with Crippen molar-refractivity contribution in [2.75, 3.05) is 6.54 Å². The zero-order chi connectivity index (χ0) is 5.70. The van der Waals surface area contributed by atoms with Crippen LogP contribution in [0.15, 0.2) is 24.8 Å². The van der Waals surface area contributed by atoms with Gasteiger partial charge in [0.15, 0.2) is 0 Å². The highest BCUT2D eigenvalue weighted by atomic mass is 14.5. The molecule has 0 radical (unpaired) electrons. The molecular formula is C6H11N. The predicted molar refractivity (Wildman–Crippen MR) is 33.0 cm³/mol. The molecule has 0 unspecified atom stereocenters. The summed E-state index contributed by atoms with van der Waals surface area (Å²) in [7, 11) is 0. The fourth-order valence-electron chi connectivity index (χ4n) is 0.287. The van der Waals surface area contributed by atoms with Gasteiger partial charge in [-0.2, -0.15) is 0 Å². The van der Waals surface area contributed by atoms with E-state index >= 15 is 0 Å². The number of allylic oxidation sites excluding steroid dienone is 1. The summed E-state index contributed by atoms with van der Waals surface area (Å²) in [5.41, 5.74) is 6.21. The maximum absolute atomic E-state index is 5.20. The van der Waals surface area contributed by atoms with Crippen molar-refractivity contribution in [2.24, 2.45) is 5.73 Å². The Bertz CT molecular complexity index is 74.2. The number of hydrogen-bond donors (Lipinski definition) is 1. The van der Waals surface area contributed by atoms with E-state index in [1.54, 1.807) is 6.08 Å². The molecule has 1 heteroatoms. The Morgan fingerprint density at radius 3 is 2.43 bits per heavy atom. The molecule has 0 rings (SSSR count). The molecule has 0 bridgehead atoms. The van der Waals surface area contributed by atoms with Gasteiger partial charge >= 0.3 is 0 Å². The molecule has 2 N–H and O–H groups in total. The van der Waals surface area contributed by atoms with Gasteiger partial charge in [0.1, 0.15) is 0 Å². The Morgan fingerprint density at radius 2 is 2.29 bits per heavy atom. The first kappa shape index (κ1) is 6.44. The van der Waals surface area contributed by atoms with Crippen LogP contribution in [-0.2, 0) is 0 Å². The quantitative estimate of drug-likeness (QED) is 0.524. The highest BCUT2D eigenvalue weighted by Crippen LogP contribution is 1.93. The van der Waals surface area contributed by atoms with Crippen LogP contribution < -0.4 is 5.73 Å². The summed E-state index contributed by atoms with van der Waals surface area (Å²) in [5, 5.41) is 0. The lowest BCUT2D eigenvalue weighted by Gasteiger charge is -1.90. The van der Waals surface area contributed by atoms with Crippen LogP contribution in [-0.4, -0.2) is 6.54 Å². The van der Waals surface area contributed by atoms with Gasteiger partial charge in [-0.1, -0.05) is 24.8 Å². The monoisotopic (exact) mass is 97.1 g/mol. The van der Waals surface area contributed by atoms with Gasteiger partial charge in [-0.3, -0.25) is 0 Å². The van der Waals surface area contributed by atoms with Gasteiger partial charge in [0, 0.05) is 0 Å². The van der Waals surface area contributed by atoms with Crippen LogP contribution in [0.5, 0.6) is 0 Å². The van der Waals surface area contributed by atoms with E-state index in [0.29, 0.717) is 6.54 Å². The molecule has 40 valence electrons. The van der Waals surface area contributed by atoms with Gasteiger partial charge in [0.05, 0.1) is 0 Å². The third-order valence-corrected chi connectivity index (χ3v) is 0.754. The molecule has 0 aliphatic carbocycles. The summed E-state index contributed by atoms with van der Waals surface area (Å²) in [4.78, 5) is 0. The largest absolute Gasteiger partial charge is 0.330 e. The first-order chi connectivity index (χ1) is 3.31. The van der Waals surface area contributed by atoms with Crippen LogP contribution in [0.1, 0.15) is 6.42 Å². The van der Waals surface area contributed by atoms with Crippen LogP contribution in [0.3, 0.4) is 0 Å². The van der Waals surface area contributed by atoms with E-state index in [2.05, 4.69) is 13.2 Å². The molecule has 0 heterocycles. The third kappa shape index (κ3) is 3.27. The summed E-state index contributed by atoms with van der Waals surface area (Å²) in [6.45, 7) is 7.86. The van der Waals surface area contributed by atoms with E-state index in [1.165, 1.54) is 0 Å². The molecule has 1 nitrogen and oxygen atoms in total. The first-order valence-electron chi connectivity index (χ1n) is 2.31. The Labute approximate surface area is 44.5 Å². The van der Waals surface area contributed by atoms with Crippen molar-refractivity contribution in [3.05, 3.63) is 24.8 Å². The number of nitrogens with two attached hydrogens (primary N) is 1. The van der Waals surface area contributed by atoms with Crippen molar-refractivity contribution in [1.82, 2.24) is 0 Å². The second-order valence-electron chi connectivity index (χ2n) is 1.40. The average Bonchev–Trinajstić information content (AvgIpc) is 1.68. The van der Waals surface area contributed by atoms with Crippen molar-refractivity contribution < 1.29 is 0 Å². The van der Waals surface area contributed by atoms with E-state index < -0.39 is 0 Å². The van der Waals surface area contributed by atoms with E-state index in [-0.39, 0.29) is 0 Å². The summed E-state index contributed by atoms with van der Waals surface area (Å²) in [5.74, 6) is 0. The van der Waals surface area contributed by atoms with Gasteiger partial charge in [-0.05, 0) is 13.0 Å². The molecule has 0 atom stereocenters. The summed E-state index contributed by atoms with van der Waals surface area (Å²) in [6.07, 6.45) is 2.59. The second-order valence-corrected chi connectivity index (χ2v) is 1.40. The van der Waals surface area contributed by atoms with Crippen molar-refractivity contribution in [1.29, 1.82) is 0 Å². The zero-order valence-electron chi connectivity index (χ0n) is 4.48. The van der Waals surface area contributed by atoms with Crippen LogP contribution >= 0.6 is 0 Å². The molecule has 0 aliphatic heterocycles. The summed E-state index contributed by atoms with van der Waals surface area (Å²) in [6, 6.07) is 0. The molecular weight excluding hydrogens is 86.1 g/mol. The Balaban J connectivity index is 3.17. The van der Waals surface area contributed by atoms with E-state index in [0.717, 1.165) is 12.0 Å². The SMILES string of the molecule is C=CC(=C)CCN. The fourth-order valence-corrected chi connectivity index (χ4v) is 0.287. The van der Waals surface area contributed by atoms with Crippen molar-refractivity contribution in [3.63, 3.8) is 0 Å². The summed E-state index contributed by atoms with van der Waals surface area (Å²) >= 11 is 0. The fraction of sp³-hybridized carbons (Fsp3) is 0.333. The molecule has 0 spiro atoms. The van der Waals surface area contributed by atoms with E-state index in [9.17, 15) is 0 Å². The van der Waals surface area contributed by atoms with Crippen molar-refractivity contribution in [2.45, 2.75) is 6.42 Å². The van der Waals surface area contributed by atoms with Crippen LogP contribution in [0.2, 0.25) is 0 Å². The second kappa shape index (κ2) is 3.62. The lowest BCUT2D eigenvalue weighted by molar-refractivity contribution is 0.978. The molecule has 0 saturated heterocycles. The maximum Gasteiger partial charge on any atom is -0.00369 e. The van der Waals surface area contributed by atoms with Gasteiger partial charge in [-0.25, -0.2) is 0 Å². The molecule has 0 fully saturated rings. The third-order valence-electron chi connectivity index (χ3n) is 0.754. The highest BCUT2D eigenvalue weighted by molar-refractivity contribution is 5.10. The zero-order valence-corrected chi connectivity index (χ0v) is 4.48. The first-order valence-corrected chi connectivity index (χ1v) is 2.31. The Kier molecular flexibility index (Phi) is 3.33. The number of hydrogen-bond acceptors (Lipinski definition) is 1. The standard InChI is InChI=1S/C6H11N/c1-3-6(2)4-5-7/h3H,1-2,4-5,7H2. The topological polar surface area (TPSA) is 26.0 Å². The molecule has 0 aromatic rings. The molecule has 7 heavy (non-hydrogen) atoms. The van der Waals surface area contributed by atoms with E-state index in [4.69, 9.17) is 5.73 Å². The molecule has 0 aromatic heterocycles. The lowest BCUT2D eigenvalue weighted by atomic mass is 10.2. The van der Waals surface area contributed by atoms with Crippen LogP contribution in [0.4, 0.5) is 0 Å². The van der Waals surface area contributed by atoms with Crippen molar-refractivity contribution >= 4 is 0 Å². The predicted octanol–water partition coefficient (Wildman–Crippen LogP) is 1.08. The van der Waals surface area contributed by atoms with Gasteiger partial charge < -0.3 is 5.73 Å². The van der Waals surface area contributed by atoms with Crippen LogP contribution in [0, 0.1) is 0 Å². The smallest absolute Gasteiger partial charge is 0.00369 e. The molecule has 0 aromatic carbocycles. The van der Waals surface area contributed by atoms with Crippen LogP contribution in [0.25, 0.3) is 0 Å². The molecule has 0 aliphatic rings. The van der Waals surface area contributed by atoms with E-state index in [1.807, 2.05) is 0 Å². The molecule has 0 amide bonds. The summed E-state index contributed by atoms with van der Waals surface area (Å²) < 4.78 is 0. The molecule has 0 saturated carbocycles.